The van der Waals surface area contributed by atoms with Crippen molar-refractivity contribution >= 4 is 27.5 Å². The van der Waals surface area contributed by atoms with Gasteiger partial charge in [0.05, 0.1) is 0 Å². The molecule has 1 radical (unpaired) electrons. The SMILES string of the molecule is C[C](CBr)c1cccc(C)c1Cl. The fourth-order valence-electron chi connectivity index (χ4n) is 1.05. The summed E-state index contributed by atoms with van der Waals surface area (Å²) in [4.78, 5) is 0. The van der Waals surface area contributed by atoms with Crippen LogP contribution in [0.2, 0.25) is 5.02 Å². The van der Waals surface area contributed by atoms with Crippen molar-refractivity contribution in [3.8, 4) is 0 Å². The van der Waals surface area contributed by atoms with E-state index < -0.39 is 0 Å². The average Bonchev–Trinajstić information content (AvgIpc) is 2.08. The normalized spacial score (nSPS) is 10.8. The van der Waals surface area contributed by atoms with Crippen LogP contribution in [0.3, 0.4) is 0 Å². The average molecular weight is 247 g/mol. The van der Waals surface area contributed by atoms with Gasteiger partial charge in [-0.05, 0) is 18.1 Å². The molecule has 0 saturated carbocycles. The first kappa shape index (κ1) is 10.1. The lowest BCUT2D eigenvalue weighted by molar-refractivity contribution is 1.16. The molecule has 1 aromatic rings. The van der Waals surface area contributed by atoms with Gasteiger partial charge in [0.2, 0.25) is 0 Å². The molecule has 1 aromatic carbocycles. The van der Waals surface area contributed by atoms with Gasteiger partial charge in [0.1, 0.15) is 0 Å². The predicted octanol–water partition coefficient (Wildman–Crippen LogP) is 3.99. The molecule has 0 aliphatic rings. The molecule has 1 rings (SSSR count). The highest BCUT2D eigenvalue weighted by molar-refractivity contribution is 9.09. The summed E-state index contributed by atoms with van der Waals surface area (Å²) < 4.78 is 0. The second-order valence-electron chi connectivity index (χ2n) is 2.85. The summed E-state index contributed by atoms with van der Waals surface area (Å²) in [6, 6.07) is 6.10. The smallest absolute Gasteiger partial charge is 0.0473 e. The molecule has 12 heavy (non-hydrogen) atoms. The lowest BCUT2D eigenvalue weighted by Gasteiger charge is -2.10. The zero-order chi connectivity index (χ0) is 9.14. The van der Waals surface area contributed by atoms with E-state index in [1.165, 1.54) is 5.92 Å². The minimum Gasteiger partial charge on any atom is -0.0918 e. The van der Waals surface area contributed by atoms with E-state index in [2.05, 4.69) is 22.9 Å². The van der Waals surface area contributed by atoms with Crippen LogP contribution in [0.5, 0.6) is 0 Å². The molecule has 0 aliphatic carbocycles. The van der Waals surface area contributed by atoms with E-state index in [0.29, 0.717) is 0 Å². The van der Waals surface area contributed by atoms with Crippen LogP contribution in [0.4, 0.5) is 0 Å². The molecule has 0 saturated heterocycles. The maximum atomic E-state index is 6.13. The van der Waals surface area contributed by atoms with Crippen LogP contribution < -0.4 is 0 Å². The molecule has 0 nitrogen and oxygen atoms in total. The fraction of sp³-hybridized carbons (Fsp3) is 0.300. The van der Waals surface area contributed by atoms with E-state index in [-0.39, 0.29) is 0 Å². The molecule has 0 aromatic heterocycles. The third-order valence-corrected chi connectivity index (χ3v) is 3.19. The molecule has 0 fully saturated rings. The van der Waals surface area contributed by atoms with Gasteiger partial charge in [0.25, 0.3) is 0 Å². The van der Waals surface area contributed by atoms with Crippen molar-refractivity contribution in [1.82, 2.24) is 0 Å². The molecule has 0 heterocycles. The zero-order valence-corrected chi connectivity index (χ0v) is 9.54. The molecular formula is C10H11BrCl. The van der Waals surface area contributed by atoms with Gasteiger partial charge in [0.15, 0.2) is 0 Å². The Morgan fingerprint density at radius 2 is 2.17 bits per heavy atom. The second-order valence-corrected chi connectivity index (χ2v) is 3.79. The minimum atomic E-state index is 0.870. The Kier molecular flexibility index (Phi) is 3.60. The van der Waals surface area contributed by atoms with Crippen molar-refractivity contribution in [2.24, 2.45) is 0 Å². The van der Waals surface area contributed by atoms with Crippen molar-refractivity contribution in [2.45, 2.75) is 13.8 Å². The second kappa shape index (κ2) is 4.29. The van der Waals surface area contributed by atoms with E-state index in [1.807, 2.05) is 25.1 Å². The van der Waals surface area contributed by atoms with Crippen molar-refractivity contribution in [2.75, 3.05) is 5.33 Å². The maximum Gasteiger partial charge on any atom is 0.0473 e. The highest BCUT2D eigenvalue weighted by Crippen LogP contribution is 2.27. The number of alkyl halides is 1. The van der Waals surface area contributed by atoms with Crippen LogP contribution in [0.1, 0.15) is 18.1 Å². The summed E-state index contributed by atoms with van der Waals surface area (Å²) in [5, 5.41) is 1.74. The third-order valence-electron chi connectivity index (χ3n) is 1.85. The van der Waals surface area contributed by atoms with Crippen LogP contribution in [-0.4, -0.2) is 5.33 Å². The molecule has 65 valence electrons. The highest BCUT2D eigenvalue weighted by Gasteiger charge is 2.09. The Hall–Kier alpha value is -0.0100. The highest BCUT2D eigenvalue weighted by atomic mass is 79.9. The Morgan fingerprint density at radius 3 is 2.75 bits per heavy atom. The summed E-state index contributed by atoms with van der Waals surface area (Å²) in [6.45, 7) is 4.10. The topological polar surface area (TPSA) is 0 Å². The minimum absolute atomic E-state index is 0.870. The zero-order valence-electron chi connectivity index (χ0n) is 7.20. The number of rotatable bonds is 2. The van der Waals surface area contributed by atoms with Crippen molar-refractivity contribution in [3.05, 3.63) is 40.3 Å². The molecule has 0 unspecified atom stereocenters. The fourth-order valence-corrected chi connectivity index (χ4v) is 1.64. The standard InChI is InChI=1S/C10H11BrCl/c1-7-4-3-5-9(10(7)12)8(2)6-11/h3-5H,6H2,1-2H3. The van der Waals surface area contributed by atoms with Gasteiger partial charge in [-0.3, -0.25) is 0 Å². The maximum absolute atomic E-state index is 6.13. The van der Waals surface area contributed by atoms with E-state index in [0.717, 1.165) is 21.5 Å². The number of hydrogen-bond acceptors (Lipinski definition) is 0. The van der Waals surface area contributed by atoms with Crippen LogP contribution in [0, 0.1) is 12.8 Å². The number of hydrogen-bond donors (Lipinski definition) is 0. The Morgan fingerprint density at radius 1 is 1.50 bits per heavy atom. The van der Waals surface area contributed by atoms with E-state index in [9.17, 15) is 0 Å². The Bertz CT molecular complexity index is 271. The van der Waals surface area contributed by atoms with Gasteiger partial charge >= 0.3 is 0 Å². The lowest BCUT2D eigenvalue weighted by atomic mass is 10.0. The summed E-state index contributed by atoms with van der Waals surface area (Å²) in [5.74, 6) is 1.27. The number of benzene rings is 1. The van der Waals surface area contributed by atoms with Gasteiger partial charge in [-0.25, -0.2) is 0 Å². The molecule has 0 N–H and O–H groups in total. The summed E-state index contributed by atoms with van der Waals surface area (Å²) in [5.41, 5.74) is 2.28. The van der Waals surface area contributed by atoms with E-state index in [4.69, 9.17) is 11.6 Å². The molecule has 0 aliphatic heterocycles. The Labute approximate surface area is 87.1 Å². The van der Waals surface area contributed by atoms with Gasteiger partial charge < -0.3 is 0 Å². The molecule has 0 atom stereocenters. The van der Waals surface area contributed by atoms with Crippen molar-refractivity contribution < 1.29 is 0 Å². The van der Waals surface area contributed by atoms with Crippen LogP contribution >= 0.6 is 27.5 Å². The van der Waals surface area contributed by atoms with Crippen LogP contribution in [0.25, 0.3) is 0 Å². The van der Waals surface area contributed by atoms with E-state index in [1.54, 1.807) is 0 Å². The number of aryl methyl sites for hydroxylation is 1. The lowest BCUT2D eigenvalue weighted by Crippen LogP contribution is -1.97. The molecule has 2 heteroatoms. The summed E-state index contributed by atoms with van der Waals surface area (Å²) >= 11 is 9.54. The van der Waals surface area contributed by atoms with Crippen LogP contribution in [-0.2, 0) is 0 Å². The predicted molar refractivity (Wildman–Crippen MR) is 58.0 cm³/mol. The van der Waals surface area contributed by atoms with E-state index >= 15 is 0 Å². The van der Waals surface area contributed by atoms with Gasteiger partial charge in [0, 0.05) is 16.3 Å². The molecule has 0 amide bonds. The molecule has 0 bridgehead atoms. The van der Waals surface area contributed by atoms with Crippen LogP contribution in [0.15, 0.2) is 18.2 Å². The van der Waals surface area contributed by atoms with Crippen molar-refractivity contribution in [1.29, 1.82) is 0 Å². The first-order valence-corrected chi connectivity index (χ1v) is 5.30. The molecular weight excluding hydrogens is 235 g/mol. The van der Waals surface area contributed by atoms with Crippen molar-refractivity contribution in [3.63, 3.8) is 0 Å². The monoisotopic (exact) mass is 245 g/mol. The van der Waals surface area contributed by atoms with Gasteiger partial charge in [-0.15, -0.1) is 0 Å². The van der Waals surface area contributed by atoms with Gasteiger partial charge in [-0.2, -0.15) is 0 Å². The third kappa shape index (κ3) is 2.02. The number of halogens is 2. The largest absolute Gasteiger partial charge is 0.0918 e. The first-order chi connectivity index (χ1) is 5.66. The summed E-state index contributed by atoms with van der Waals surface area (Å²) in [6.07, 6.45) is 0. The molecule has 0 spiro atoms. The Balaban J connectivity index is 3.07. The quantitative estimate of drug-likeness (QED) is 0.692. The van der Waals surface area contributed by atoms with Gasteiger partial charge in [-0.1, -0.05) is 52.7 Å². The first-order valence-electron chi connectivity index (χ1n) is 3.80. The summed E-state index contributed by atoms with van der Waals surface area (Å²) in [7, 11) is 0.